The summed E-state index contributed by atoms with van der Waals surface area (Å²) < 4.78 is 1.69. The Morgan fingerprint density at radius 2 is 1.72 bits per heavy atom. The van der Waals surface area contributed by atoms with E-state index in [9.17, 15) is 9.59 Å². The summed E-state index contributed by atoms with van der Waals surface area (Å²) in [5.74, 6) is 0.508. The molecule has 0 bridgehead atoms. The fraction of sp³-hybridized carbons (Fsp3) is 0.429. The number of aromatic nitrogens is 3. The van der Waals surface area contributed by atoms with Gasteiger partial charge in [-0.25, -0.2) is 4.98 Å². The number of carbonyl (C=O) groups is 1. The van der Waals surface area contributed by atoms with Gasteiger partial charge in [0.15, 0.2) is 0 Å². The van der Waals surface area contributed by atoms with E-state index >= 15 is 0 Å². The number of amides is 1. The molecule has 1 fully saturated rings. The lowest BCUT2D eigenvalue weighted by atomic mass is 9.98. The second-order valence-electron chi connectivity index (χ2n) is 9.63. The van der Waals surface area contributed by atoms with Crippen molar-refractivity contribution in [3.05, 3.63) is 76.7 Å². The normalized spacial score (nSPS) is 16.2. The number of anilines is 1. The Balaban J connectivity index is 1.46. The van der Waals surface area contributed by atoms with E-state index in [0.29, 0.717) is 17.6 Å². The average molecular weight is 489 g/mol. The summed E-state index contributed by atoms with van der Waals surface area (Å²) in [4.78, 5) is 37.7. The molecule has 190 valence electrons. The SMILES string of the molecule is C=CC(=O)N1CCN([C@H](CC)c2ccc([C@H](C)Nc3ncc4ccc(=O)n(C(C)C)c4n3)cc2)CC1. The van der Waals surface area contributed by atoms with Crippen LogP contribution in [0.25, 0.3) is 11.0 Å². The van der Waals surface area contributed by atoms with Gasteiger partial charge in [0, 0.05) is 55.9 Å². The first-order valence-corrected chi connectivity index (χ1v) is 12.7. The van der Waals surface area contributed by atoms with E-state index in [1.54, 1.807) is 22.9 Å². The lowest BCUT2D eigenvalue weighted by Gasteiger charge is -2.39. The predicted molar refractivity (Wildman–Crippen MR) is 144 cm³/mol. The van der Waals surface area contributed by atoms with E-state index in [2.05, 4.69) is 64.9 Å². The smallest absolute Gasteiger partial charge is 0.252 e. The molecule has 1 N–H and O–H groups in total. The first kappa shape index (κ1) is 25.6. The Bertz CT molecular complexity index is 1280. The third-order valence-electron chi connectivity index (χ3n) is 6.98. The second kappa shape index (κ2) is 11.0. The van der Waals surface area contributed by atoms with Gasteiger partial charge in [0.2, 0.25) is 11.9 Å². The van der Waals surface area contributed by atoms with E-state index in [4.69, 9.17) is 0 Å². The number of benzene rings is 1. The number of hydrogen-bond acceptors (Lipinski definition) is 6. The molecule has 1 aliphatic rings. The van der Waals surface area contributed by atoms with Crippen LogP contribution in [0.1, 0.15) is 63.4 Å². The molecule has 3 heterocycles. The highest BCUT2D eigenvalue weighted by atomic mass is 16.2. The van der Waals surface area contributed by atoms with Crippen LogP contribution in [0.4, 0.5) is 5.95 Å². The van der Waals surface area contributed by atoms with Crippen LogP contribution in [0.15, 0.2) is 60.0 Å². The number of pyridine rings is 1. The molecule has 3 aromatic rings. The topological polar surface area (TPSA) is 83.4 Å². The van der Waals surface area contributed by atoms with Gasteiger partial charge in [0.05, 0.1) is 6.04 Å². The van der Waals surface area contributed by atoms with Crippen LogP contribution in [-0.2, 0) is 4.79 Å². The number of carbonyl (C=O) groups excluding carboxylic acids is 1. The maximum Gasteiger partial charge on any atom is 0.252 e. The predicted octanol–water partition coefficient (Wildman–Crippen LogP) is 4.33. The Kier molecular flexibility index (Phi) is 7.84. The van der Waals surface area contributed by atoms with Crippen LogP contribution in [0.2, 0.25) is 0 Å². The van der Waals surface area contributed by atoms with Crippen LogP contribution in [0.5, 0.6) is 0 Å². The van der Waals surface area contributed by atoms with E-state index in [0.717, 1.165) is 43.5 Å². The van der Waals surface area contributed by atoms with Crippen molar-refractivity contribution in [1.29, 1.82) is 0 Å². The molecule has 8 heteroatoms. The van der Waals surface area contributed by atoms with Crippen molar-refractivity contribution in [2.45, 2.75) is 52.2 Å². The molecule has 8 nitrogen and oxygen atoms in total. The van der Waals surface area contributed by atoms with Gasteiger partial charge < -0.3 is 10.2 Å². The minimum atomic E-state index is -0.0648. The molecule has 2 aromatic heterocycles. The first-order chi connectivity index (χ1) is 17.3. The van der Waals surface area contributed by atoms with Gasteiger partial charge in [-0.15, -0.1) is 0 Å². The van der Waals surface area contributed by atoms with Crippen molar-refractivity contribution in [3.8, 4) is 0 Å². The fourth-order valence-corrected chi connectivity index (χ4v) is 4.98. The molecule has 1 aromatic carbocycles. The molecule has 0 saturated carbocycles. The maximum atomic E-state index is 12.4. The van der Waals surface area contributed by atoms with Gasteiger partial charge in [-0.3, -0.25) is 19.1 Å². The molecule has 36 heavy (non-hydrogen) atoms. The highest BCUT2D eigenvalue weighted by molar-refractivity contribution is 5.87. The molecule has 0 spiro atoms. The highest BCUT2D eigenvalue weighted by Gasteiger charge is 2.25. The van der Waals surface area contributed by atoms with E-state index in [-0.39, 0.29) is 23.6 Å². The summed E-state index contributed by atoms with van der Waals surface area (Å²) in [5, 5.41) is 4.23. The third kappa shape index (κ3) is 5.33. The van der Waals surface area contributed by atoms with Gasteiger partial charge in [-0.2, -0.15) is 4.98 Å². The average Bonchev–Trinajstić information content (AvgIpc) is 2.89. The number of nitrogens with one attached hydrogen (secondary N) is 1. The van der Waals surface area contributed by atoms with Crippen LogP contribution < -0.4 is 10.9 Å². The van der Waals surface area contributed by atoms with Crippen LogP contribution in [0, 0.1) is 0 Å². The van der Waals surface area contributed by atoms with Gasteiger partial charge in [0.1, 0.15) is 5.65 Å². The summed E-state index contributed by atoms with van der Waals surface area (Å²) in [5.41, 5.74) is 2.98. The highest BCUT2D eigenvalue weighted by Crippen LogP contribution is 2.27. The largest absolute Gasteiger partial charge is 0.348 e. The van der Waals surface area contributed by atoms with Gasteiger partial charge >= 0.3 is 0 Å². The van der Waals surface area contributed by atoms with E-state index in [1.165, 1.54) is 11.6 Å². The maximum absolute atomic E-state index is 12.4. The van der Waals surface area contributed by atoms with Gasteiger partial charge in [0.25, 0.3) is 5.56 Å². The van der Waals surface area contributed by atoms with E-state index < -0.39 is 0 Å². The van der Waals surface area contributed by atoms with Crippen molar-refractivity contribution in [2.24, 2.45) is 0 Å². The van der Waals surface area contributed by atoms with E-state index in [1.807, 2.05) is 18.7 Å². The minimum Gasteiger partial charge on any atom is -0.348 e. The standard InChI is InChI=1S/C28H36N6O2/c1-6-24(32-14-16-33(17-15-32)25(35)7-2)22-10-8-21(9-11-22)20(5)30-28-29-18-23-12-13-26(36)34(19(3)4)27(23)31-28/h7-13,18-20,24H,2,6,14-17H2,1,3-5H3,(H,29,30,31)/t20-,24+/m0/s1. The molecule has 1 saturated heterocycles. The summed E-state index contributed by atoms with van der Waals surface area (Å²) in [6, 6.07) is 12.3. The zero-order valence-electron chi connectivity index (χ0n) is 21.6. The second-order valence-corrected chi connectivity index (χ2v) is 9.63. The number of piperazine rings is 1. The number of rotatable bonds is 8. The summed E-state index contributed by atoms with van der Waals surface area (Å²) in [6.45, 7) is 15.0. The Morgan fingerprint density at radius 3 is 2.33 bits per heavy atom. The molecule has 0 aliphatic carbocycles. The summed E-state index contributed by atoms with van der Waals surface area (Å²) in [6.07, 6.45) is 4.16. The van der Waals surface area contributed by atoms with Crippen LogP contribution in [-0.4, -0.2) is 56.4 Å². The molecular formula is C28H36N6O2. The van der Waals surface area contributed by atoms with Crippen LogP contribution >= 0.6 is 0 Å². The summed E-state index contributed by atoms with van der Waals surface area (Å²) >= 11 is 0. The Morgan fingerprint density at radius 1 is 1.06 bits per heavy atom. The molecule has 4 rings (SSSR count). The van der Waals surface area contributed by atoms with Gasteiger partial charge in [-0.05, 0) is 50.5 Å². The minimum absolute atomic E-state index is 0.00545. The molecule has 1 aliphatic heterocycles. The molecule has 1 amide bonds. The number of fused-ring (bicyclic) bond motifs is 1. The lowest BCUT2D eigenvalue weighted by molar-refractivity contribution is -0.128. The Hall–Kier alpha value is -3.52. The van der Waals surface area contributed by atoms with Gasteiger partial charge in [-0.1, -0.05) is 37.8 Å². The monoisotopic (exact) mass is 488 g/mol. The fourth-order valence-electron chi connectivity index (χ4n) is 4.98. The molecule has 2 atom stereocenters. The van der Waals surface area contributed by atoms with Crippen molar-refractivity contribution in [3.63, 3.8) is 0 Å². The first-order valence-electron chi connectivity index (χ1n) is 12.7. The van der Waals surface area contributed by atoms with Crippen molar-refractivity contribution in [1.82, 2.24) is 24.3 Å². The third-order valence-corrected chi connectivity index (χ3v) is 6.98. The summed E-state index contributed by atoms with van der Waals surface area (Å²) in [7, 11) is 0. The van der Waals surface area contributed by atoms with Crippen LogP contribution in [0.3, 0.4) is 0 Å². The lowest BCUT2D eigenvalue weighted by Crippen LogP contribution is -2.49. The Labute approximate surface area is 212 Å². The van der Waals surface area contributed by atoms with Crippen molar-refractivity contribution < 1.29 is 4.79 Å². The molecular weight excluding hydrogens is 452 g/mol. The number of hydrogen-bond donors (Lipinski definition) is 1. The quantitative estimate of drug-likeness (QED) is 0.475. The van der Waals surface area contributed by atoms with Crippen molar-refractivity contribution in [2.75, 3.05) is 31.5 Å². The molecule has 0 radical (unpaired) electrons. The zero-order chi connectivity index (χ0) is 25.8. The number of nitrogens with zero attached hydrogens (tertiary/aromatic N) is 5. The molecule has 0 unspecified atom stereocenters. The van der Waals surface area contributed by atoms with Crippen molar-refractivity contribution >= 4 is 22.9 Å². The zero-order valence-corrected chi connectivity index (χ0v) is 21.6.